The minimum atomic E-state index is -3.33. The van der Waals surface area contributed by atoms with E-state index in [2.05, 4.69) is 13.8 Å². The quantitative estimate of drug-likeness (QED) is 0.743. The predicted molar refractivity (Wildman–Crippen MR) is 98.2 cm³/mol. The van der Waals surface area contributed by atoms with Crippen molar-refractivity contribution in [3.63, 3.8) is 0 Å². The summed E-state index contributed by atoms with van der Waals surface area (Å²) in [5, 5.41) is 0. The third kappa shape index (κ3) is 4.19. The van der Waals surface area contributed by atoms with Gasteiger partial charge in [0.15, 0.2) is 0 Å². The van der Waals surface area contributed by atoms with Gasteiger partial charge in [-0.1, -0.05) is 13.8 Å². The lowest BCUT2D eigenvalue weighted by molar-refractivity contribution is -0.138. The molecule has 7 heteroatoms. The van der Waals surface area contributed by atoms with Crippen molar-refractivity contribution in [2.75, 3.05) is 39.3 Å². The number of carbonyl (C=O) groups is 1. The topological polar surface area (TPSA) is 60.9 Å². The Hall–Kier alpha value is -0.660. The maximum absolute atomic E-state index is 12.9. The van der Waals surface area contributed by atoms with Gasteiger partial charge in [-0.05, 0) is 44.4 Å². The van der Waals surface area contributed by atoms with Crippen LogP contribution in [0, 0.1) is 11.3 Å². The first-order valence-corrected chi connectivity index (χ1v) is 11.3. The molecule has 0 aromatic carbocycles. The first-order chi connectivity index (χ1) is 11.8. The number of likely N-dealkylation sites (tertiary alicyclic amines) is 1. The molecule has 25 heavy (non-hydrogen) atoms. The van der Waals surface area contributed by atoms with E-state index in [4.69, 9.17) is 0 Å². The summed E-state index contributed by atoms with van der Waals surface area (Å²) < 4.78 is 29.2. The van der Waals surface area contributed by atoms with Gasteiger partial charge in [0.25, 0.3) is 10.2 Å². The average molecular weight is 372 g/mol. The standard InChI is InChI=1S/C18H33N3O3S/c1-16(2)7-13-19-14-18(9-6-17(19)22)8-5-12-21(15-18)25(23,24)20-10-3-4-11-20/h16H,3-15H2,1-2H3/t18-/m0/s1. The predicted octanol–water partition coefficient (Wildman–Crippen LogP) is 2.08. The van der Waals surface area contributed by atoms with Gasteiger partial charge in [0.1, 0.15) is 0 Å². The summed E-state index contributed by atoms with van der Waals surface area (Å²) in [5.74, 6) is 0.815. The summed E-state index contributed by atoms with van der Waals surface area (Å²) in [5.41, 5.74) is -0.0457. The van der Waals surface area contributed by atoms with Crippen LogP contribution in [0.25, 0.3) is 0 Å². The zero-order valence-corrected chi connectivity index (χ0v) is 16.6. The van der Waals surface area contributed by atoms with E-state index < -0.39 is 10.2 Å². The first-order valence-electron chi connectivity index (χ1n) is 9.85. The number of amides is 1. The van der Waals surface area contributed by atoms with Crippen LogP contribution in [-0.2, 0) is 15.0 Å². The van der Waals surface area contributed by atoms with Crippen molar-refractivity contribution >= 4 is 16.1 Å². The number of nitrogens with zero attached hydrogens (tertiary/aromatic N) is 3. The third-order valence-electron chi connectivity index (χ3n) is 6.07. The highest BCUT2D eigenvalue weighted by molar-refractivity contribution is 7.86. The number of carbonyl (C=O) groups excluding carboxylic acids is 1. The molecule has 3 rings (SSSR count). The zero-order chi connectivity index (χ0) is 18.1. The summed E-state index contributed by atoms with van der Waals surface area (Å²) >= 11 is 0. The fourth-order valence-corrected chi connectivity index (χ4v) is 6.34. The Balaban J connectivity index is 1.69. The van der Waals surface area contributed by atoms with Crippen LogP contribution in [0.3, 0.4) is 0 Å². The molecule has 0 unspecified atom stereocenters. The van der Waals surface area contributed by atoms with E-state index in [1.807, 2.05) is 4.90 Å². The van der Waals surface area contributed by atoms with E-state index in [-0.39, 0.29) is 11.3 Å². The van der Waals surface area contributed by atoms with Gasteiger partial charge in [0, 0.05) is 51.1 Å². The maximum Gasteiger partial charge on any atom is 0.281 e. The summed E-state index contributed by atoms with van der Waals surface area (Å²) in [6.45, 7) is 8.40. The number of hydrogen-bond donors (Lipinski definition) is 0. The molecule has 0 bridgehead atoms. The Kier molecular flexibility index (Phi) is 5.75. The minimum Gasteiger partial charge on any atom is -0.342 e. The molecule has 3 aliphatic rings. The molecule has 3 saturated heterocycles. The molecule has 0 radical (unpaired) electrons. The lowest BCUT2D eigenvalue weighted by atomic mass is 9.74. The van der Waals surface area contributed by atoms with Gasteiger partial charge in [-0.25, -0.2) is 0 Å². The van der Waals surface area contributed by atoms with Crippen LogP contribution in [0.1, 0.15) is 58.8 Å². The molecule has 0 aliphatic carbocycles. The van der Waals surface area contributed by atoms with Gasteiger partial charge in [-0.3, -0.25) is 4.79 Å². The highest BCUT2D eigenvalue weighted by Gasteiger charge is 2.45. The fraction of sp³-hybridized carbons (Fsp3) is 0.944. The average Bonchev–Trinajstić information content (AvgIpc) is 3.11. The van der Waals surface area contributed by atoms with Gasteiger partial charge < -0.3 is 4.90 Å². The summed E-state index contributed by atoms with van der Waals surface area (Å²) in [7, 11) is -3.33. The third-order valence-corrected chi connectivity index (χ3v) is 8.05. The molecule has 0 aromatic heterocycles. The lowest BCUT2D eigenvalue weighted by Crippen LogP contribution is -2.57. The summed E-state index contributed by atoms with van der Waals surface area (Å²) in [6, 6.07) is 0. The van der Waals surface area contributed by atoms with Gasteiger partial charge in [-0.2, -0.15) is 17.0 Å². The van der Waals surface area contributed by atoms with E-state index in [9.17, 15) is 13.2 Å². The highest BCUT2D eigenvalue weighted by atomic mass is 32.2. The molecule has 1 atom stereocenters. The lowest BCUT2D eigenvalue weighted by Gasteiger charge is -2.48. The molecule has 0 saturated carbocycles. The second kappa shape index (κ2) is 7.53. The fourth-order valence-electron chi connectivity index (χ4n) is 4.49. The van der Waals surface area contributed by atoms with Gasteiger partial charge in [0.2, 0.25) is 5.91 Å². The van der Waals surface area contributed by atoms with Crippen LogP contribution < -0.4 is 0 Å². The molecule has 144 valence electrons. The SMILES string of the molecule is CC(C)CCN1C[C@]2(CCCN(S(=O)(=O)N3CCCC3)C2)CCC1=O. The Morgan fingerprint density at radius 2 is 1.68 bits per heavy atom. The normalized spacial score (nSPS) is 29.9. The summed E-state index contributed by atoms with van der Waals surface area (Å²) in [4.78, 5) is 14.3. The van der Waals surface area contributed by atoms with Gasteiger partial charge in [0.05, 0.1) is 0 Å². The van der Waals surface area contributed by atoms with E-state index in [1.165, 1.54) is 0 Å². The minimum absolute atomic E-state index is 0.0457. The van der Waals surface area contributed by atoms with Crippen molar-refractivity contribution in [3.8, 4) is 0 Å². The molecule has 0 N–H and O–H groups in total. The van der Waals surface area contributed by atoms with Crippen molar-refractivity contribution in [1.82, 2.24) is 13.5 Å². The molecule has 6 nitrogen and oxygen atoms in total. The monoisotopic (exact) mass is 371 g/mol. The molecule has 0 aromatic rings. The number of rotatable bonds is 5. The molecule has 3 heterocycles. The van der Waals surface area contributed by atoms with E-state index >= 15 is 0 Å². The van der Waals surface area contributed by atoms with Crippen molar-refractivity contribution < 1.29 is 13.2 Å². The molecule has 3 aliphatic heterocycles. The molecule has 1 spiro atoms. The van der Waals surface area contributed by atoms with Crippen LogP contribution in [0.2, 0.25) is 0 Å². The number of piperidine rings is 2. The van der Waals surface area contributed by atoms with Crippen molar-refractivity contribution in [3.05, 3.63) is 0 Å². The maximum atomic E-state index is 12.9. The molecular weight excluding hydrogens is 338 g/mol. The molecular formula is C18H33N3O3S. The van der Waals surface area contributed by atoms with E-state index in [0.717, 1.165) is 51.6 Å². The molecule has 3 fully saturated rings. The Morgan fingerprint density at radius 1 is 1.00 bits per heavy atom. The van der Waals surface area contributed by atoms with E-state index in [1.54, 1.807) is 8.61 Å². The van der Waals surface area contributed by atoms with E-state index in [0.29, 0.717) is 38.5 Å². The van der Waals surface area contributed by atoms with Crippen LogP contribution in [-0.4, -0.2) is 67.1 Å². The van der Waals surface area contributed by atoms with Crippen molar-refractivity contribution in [1.29, 1.82) is 0 Å². The Bertz CT molecular complexity index is 586. The first kappa shape index (κ1) is 19.1. The zero-order valence-electron chi connectivity index (χ0n) is 15.7. The van der Waals surface area contributed by atoms with Crippen molar-refractivity contribution in [2.24, 2.45) is 11.3 Å². The number of hydrogen-bond acceptors (Lipinski definition) is 3. The second-order valence-electron chi connectivity index (χ2n) is 8.55. The van der Waals surface area contributed by atoms with Crippen molar-refractivity contribution in [2.45, 2.75) is 58.8 Å². The largest absolute Gasteiger partial charge is 0.342 e. The molecule has 1 amide bonds. The second-order valence-corrected chi connectivity index (χ2v) is 10.5. The van der Waals surface area contributed by atoms with Crippen LogP contribution >= 0.6 is 0 Å². The van der Waals surface area contributed by atoms with Gasteiger partial charge in [-0.15, -0.1) is 0 Å². The van der Waals surface area contributed by atoms with Gasteiger partial charge >= 0.3 is 0 Å². The van der Waals surface area contributed by atoms with Crippen LogP contribution in [0.15, 0.2) is 0 Å². The van der Waals surface area contributed by atoms with Crippen LogP contribution in [0.5, 0.6) is 0 Å². The van der Waals surface area contributed by atoms with Crippen LogP contribution in [0.4, 0.5) is 0 Å². The smallest absolute Gasteiger partial charge is 0.281 e. The Morgan fingerprint density at radius 3 is 2.36 bits per heavy atom. The highest BCUT2D eigenvalue weighted by Crippen LogP contribution is 2.40. The Labute approximate surface area is 152 Å². The summed E-state index contributed by atoms with van der Waals surface area (Å²) in [6.07, 6.45) is 6.28.